The van der Waals surface area contributed by atoms with Crippen molar-refractivity contribution >= 4 is 13.6 Å². The van der Waals surface area contributed by atoms with Crippen LogP contribution in [-0.4, -0.2) is 57.2 Å². The third kappa shape index (κ3) is 10.2. The predicted octanol–water partition coefficient (Wildman–Crippen LogP) is 5.98. The first kappa shape index (κ1) is 27.8. The van der Waals surface area contributed by atoms with Gasteiger partial charge in [-0.3, -0.25) is 9.69 Å². The first-order valence-corrected chi connectivity index (χ1v) is 12.3. The van der Waals surface area contributed by atoms with Gasteiger partial charge in [0.1, 0.15) is 7.85 Å². The Hall–Kier alpha value is -2.43. The van der Waals surface area contributed by atoms with Crippen molar-refractivity contribution in [1.82, 2.24) is 9.80 Å². The lowest BCUT2D eigenvalue weighted by Crippen LogP contribution is -2.33. The number of allylic oxidation sites excluding steroid dienone is 1. The van der Waals surface area contributed by atoms with Gasteiger partial charge in [0.05, 0.1) is 0 Å². The fourth-order valence-corrected chi connectivity index (χ4v) is 4.33. The summed E-state index contributed by atoms with van der Waals surface area (Å²) in [4.78, 5) is 18.0. The van der Waals surface area contributed by atoms with Gasteiger partial charge in [-0.2, -0.15) is 0 Å². The molecule has 0 spiro atoms. The molecule has 1 atom stereocenters. The van der Waals surface area contributed by atoms with E-state index in [-0.39, 0.29) is 0 Å². The van der Waals surface area contributed by atoms with Crippen LogP contribution in [0.5, 0.6) is 0 Å². The average Bonchev–Trinajstić information content (AvgIpc) is 2.80. The van der Waals surface area contributed by atoms with Crippen LogP contribution in [0.3, 0.4) is 0 Å². The highest BCUT2D eigenvalue weighted by Crippen LogP contribution is 2.29. The van der Waals surface area contributed by atoms with Gasteiger partial charge >= 0.3 is 0 Å². The van der Waals surface area contributed by atoms with Crippen LogP contribution in [0.2, 0.25) is 0 Å². The van der Waals surface area contributed by atoms with E-state index in [1.807, 2.05) is 0 Å². The minimum Gasteiger partial charge on any atom is -0.309 e. The Balaban J connectivity index is 0.000000945. The maximum Gasteiger partial charge on any atom is 0.160 e. The van der Waals surface area contributed by atoms with E-state index in [1.54, 1.807) is 6.92 Å². The first-order chi connectivity index (χ1) is 16.3. The van der Waals surface area contributed by atoms with Crippen molar-refractivity contribution < 1.29 is 4.79 Å². The van der Waals surface area contributed by atoms with E-state index in [4.69, 9.17) is 7.85 Å². The molecule has 1 unspecified atom stereocenters. The molecule has 0 N–H and O–H groups in total. The molecule has 1 aliphatic rings. The van der Waals surface area contributed by atoms with Crippen molar-refractivity contribution in [3.8, 4) is 0 Å². The number of ketones is 1. The minimum atomic E-state index is 0.295. The van der Waals surface area contributed by atoms with Gasteiger partial charge in [0, 0.05) is 31.6 Å². The van der Waals surface area contributed by atoms with E-state index >= 15 is 0 Å². The molecule has 0 aliphatic carbocycles. The molecule has 2 aromatic carbocycles. The molecule has 3 nitrogen and oxygen atoms in total. The number of benzene rings is 2. The van der Waals surface area contributed by atoms with Crippen LogP contribution >= 0.6 is 0 Å². The Morgan fingerprint density at radius 3 is 2.26 bits per heavy atom. The predicted molar refractivity (Wildman–Crippen MR) is 146 cm³/mol. The monoisotopic (exact) mass is 456 g/mol. The quantitative estimate of drug-likeness (QED) is 0.411. The van der Waals surface area contributed by atoms with Crippen molar-refractivity contribution in [3.63, 3.8) is 0 Å². The summed E-state index contributed by atoms with van der Waals surface area (Å²) in [5, 5.41) is 0. The van der Waals surface area contributed by atoms with Crippen LogP contribution in [0.25, 0.3) is 0 Å². The van der Waals surface area contributed by atoms with Crippen LogP contribution in [0, 0.1) is 0 Å². The lowest BCUT2D eigenvalue weighted by atomic mass is 9.86. The summed E-state index contributed by atoms with van der Waals surface area (Å²) in [6.07, 6.45) is 3.76. The number of carbonyl (C=O) groups excluding carboxylic acids is 1. The number of hydrogen-bond acceptors (Lipinski definition) is 3. The third-order valence-electron chi connectivity index (χ3n) is 6.15. The summed E-state index contributed by atoms with van der Waals surface area (Å²) in [5.74, 6) is 0.632. The Morgan fingerprint density at radius 1 is 1.09 bits per heavy atom. The molecule has 0 saturated heterocycles. The zero-order valence-electron chi connectivity index (χ0n) is 21.6. The van der Waals surface area contributed by atoms with E-state index in [1.165, 1.54) is 16.7 Å². The number of rotatable bonds is 10. The fourth-order valence-electron chi connectivity index (χ4n) is 4.33. The Labute approximate surface area is 209 Å². The molecule has 0 bridgehead atoms. The van der Waals surface area contributed by atoms with E-state index in [0.29, 0.717) is 23.6 Å². The maximum atomic E-state index is 13.4. The second-order valence-corrected chi connectivity index (χ2v) is 9.73. The number of nitrogens with zero attached hydrogens (tertiary/aromatic N) is 2. The molecular weight excluding hydrogens is 415 g/mol. The molecule has 3 rings (SSSR count). The molecule has 0 fully saturated rings. The van der Waals surface area contributed by atoms with Crippen molar-refractivity contribution in [1.29, 1.82) is 0 Å². The van der Waals surface area contributed by atoms with Gasteiger partial charge in [-0.15, -0.1) is 12.1 Å². The summed E-state index contributed by atoms with van der Waals surface area (Å²) < 4.78 is 0. The minimum absolute atomic E-state index is 0.295. The van der Waals surface area contributed by atoms with Gasteiger partial charge in [0.25, 0.3) is 0 Å². The van der Waals surface area contributed by atoms with Crippen molar-refractivity contribution in [3.05, 3.63) is 95.0 Å². The van der Waals surface area contributed by atoms with E-state index in [2.05, 4.69) is 98.1 Å². The molecule has 0 saturated carbocycles. The van der Waals surface area contributed by atoms with Gasteiger partial charge in [-0.05, 0) is 63.9 Å². The van der Waals surface area contributed by atoms with E-state index < -0.39 is 0 Å². The van der Waals surface area contributed by atoms with Crippen molar-refractivity contribution in [2.45, 2.75) is 52.0 Å². The molecule has 2 aromatic rings. The molecule has 0 amide bonds. The summed E-state index contributed by atoms with van der Waals surface area (Å²) in [5.41, 5.74) is 5.60. The highest BCUT2D eigenvalue weighted by Gasteiger charge is 2.24. The standard InChI is InChI=1S/C27H36N2O.C3H5B/c1-22-16-18-29(20-23-11-6-4-7-12-23)21-26(22)27(30)19-25(15-10-17-28(2)3)24-13-8-5-9-14-24;1-3(2)4/h4-9,11-14,25H,10,15-21H2,1-3H3;1H2,2H3. The summed E-state index contributed by atoms with van der Waals surface area (Å²) in [6, 6.07) is 21.2. The largest absolute Gasteiger partial charge is 0.309 e. The second kappa shape index (κ2) is 14.8. The van der Waals surface area contributed by atoms with Gasteiger partial charge in [0.15, 0.2) is 5.78 Å². The lowest BCUT2D eigenvalue weighted by molar-refractivity contribution is -0.116. The summed E-state index contributed by atoms with van der Waals surface area (Å²) in [7, 11) is 9.14. The van der Waals surface area contributed by atoms with E-state index in [0.717, 1.165) is 51.0 Å². The van der Waals surface area contributed by atoms with Crippen LogP contribution in [0.15, 0.2) is 83.9 Å². The Morgan fingerprint density at radius 2 is 1.68 bits per heavy atom. The zero-order valence-corrected chi connectivity index (χ0v) is 21.6. The van der Waals surface area contributed by atoms with Crippen LogP contribution in [0.4, 0.5) is 0 Å². The van der Waals surface area contributed by atoms with E-state index in [9.17, 15) is 4.79 Å². The average molecular weight is 456 g/mol. The van der Waals surface area contributed by atoms with Gasteiger partial charge in [0.2, 0.25) is 0 Å². The van der Waals surface area contributed by atoms with Gasteiger partial charge in [-0.25, -0.2) is 0 Å². The van der Waals surface area contributed by atoms with Crippen LogP contribution in [-0.2, 0) is 11.3 Å². The van der Waals surface area contributed by atoms with Crippen LogP contribution < -0.4 is 0 Å². The van der Waals surface area contributed by atoms with Crippen molar-refractivity contribution in [2.24, 2.45) is 0 Å². The number of carbonyl (C=O) groups is 1. The summed E-state index contributed by atoms with van der Waals surface area (Å²) >= 11 is 0. The maximum absolute atomic E-state index is 13.4. The van der Waals surface area contributed by atoms with Gasteiger partial charge in [-0.1, -0.05) is 73.2 Å². The SMILES string of the molecule is CC1=C(C(=O)CC(CCCN(C)C)c2ccccc2)CN(Cc2ccccc2)CC1.[B]C(=C)C. The molecule has 1 heterocycles. The number of hydrogen-bond donors (Lipinski definition) is 0. The van der Waals surface area contributed by atoms with Crippen molar-refractivity contribution in [2.75, 3.05) is 33.7 Å². The van der Waals surface area contributed by atoms with Crippen LogP contribution in [0.1, 0.15) is 56.6 Å². The Bertz CT molecular complexity index is 917. The second-order valence-electron chi connectivity index (χ2n) is 9.73. The topological polar surface area (TPSA) is 23.6 Å². The third-order valence-corrected chi connectivity index (χ3v) is 6.15. The molecule has 1 aliphatic heterocycles. The summed E-state index contributed by atoms with van der Waals surface area (Å²) in [6.45, 7) is 11.0. The molecule has 4 heteroatoms. The smallest absolute Gasteiger partial charge is 0.160 e. The molecular formula is C30H41BN2O. The molecule has 180 valence electrons. The molecule has 34 heavy (non-hydrogen) atoms. The molecule has 2 radical (unpaired) electrons. The Kier molecular flexibility index (Phi) is 12.1. The normalized spacial score (nSPS) is 15.0. The fraction of sp³-hybridized carbons (Fsp3) is 0.433. The molecule has 0 aromatic heterocycles. The highest BCUT2D eigenvalue weighted by molar-refractivity contribution is 6.20. The van der Waals surface area contributed by atoms with Gasteiger partial charge < -0.3 is 4.90 Å². The highest BCUT2D eigenvalue weighted by atomic mass is 16.1. The first-order valence-electron chi connectivity index (χ1n) is 12.3. The number of Topliss-reactive ketones (excluding diaryl/α,β-unsaturated/α-hetero) is 1. The lowest BCUT2D eigenvalue weighted by Gasteiger charge is -2.30. The zero-order chi connectivity index (χ0) is 24.9.